The van der Waals surface area contributed by atoms with Crippen molar-refractivity contribution in [3.05, 3.63) is 57.4 Å². The van der Waals surface area contributed by atoms with Gasteiger partial charge in [0.05, 0.1) is 0 Å². The van der Waals surface area contributed by atoms with E-state index in [-0.39, 0.29) is 19.9 Å². The maximum atomic E-state index is 11.7. The van der Waals surface area contributed by atoms with E-state index in [9.17, 15) is 4.79 Å². The maximum absolute atomic E-state index is 11.7. The van der Waals surface area contributed by atoms with Gasteiger partial charge in [-0.1, -0.05) is 0 Å². The van der Waals surface area contributed by atoms with Gasteiger partial charge in [-0.05, 0) is 0 Å². The van der Waals surface area contributed by atoms with Gasteiger partial charge in [0.15, 0.2) is 0 Å². The zero-order chi connectivity index (χ0) is 11.7. The molecule has 0 aliphatic heterocycles. The fourth-order valence-corrected chi connectivity index (χ4v) is 5.81. The van der Waals surface area contributed by atoms with Crippen LogP contribution >= 0.6 is 22.7 Å². The molecule has 0 aliphatic carbocycles. The fraction of sp³-hybridized carbons (Fsp3) is 0. The summed E-state index contributed by atoms with van der Waals surface area (Å²) < 4.78 is 2.40. The van der Waals surface area contributed by atoms with Gasteiger partial charge in [0, 0.05) is 0 Å². The van der Waals surface area contributed by atoms with Gasteiger partial charge in [0.25, 0.3) is 0 Å². The van der Waals surface area contributed by atoms with Gasteiger partial charge in [-0.15, -0.1) is 0 Å². The normalized spacial score (nSPS) is 10.6. The first-order valence-corrected chi connectivity index (χ1v) is 8.53. The number of hydrogen-bond donors (Lipinski definition) is 0. The Kier molecular flexibility index (Phi) is 3.12. The average Bonchev–Trinajstić information content (AvgIpc) is 3.02. The monoisotopic (exact) mass is 324 g/mol. The second-order valence-corrected chi connectivity index (χ2v) is 7.65. The zero-order valence-corrected chi connectivity index (χ0v) is 12.1. The molecule has 0 aliphatic rings. The van der Waals surface area contributed by atoms with Crippen LogP contribution in [0.25, 0.3) is 18.6 Å². The molecular formula is C13H8OS2Se. The summed E-state index contributed by atoms with van der Waals surface area (Å²) in [6, 6.07) is 11.8. The minimum atomic E-state index is 0.116. The standard InChI is InChI=1S/C13H8OS2Se/c14-9-7-12(10-3-1-5-15-10)17-13(8-9)11-4-2-6-16-11/h1-8H. The van der Waals surface area contributed by atoms with Gasteiger partial charge in [-0.3, -0.25) is 0 Å². The second kappa shape index (κ2) is 4.75. The SMILES string of the molecule is O=c1cc(-c2cccs2)[se]c(-c2cccs2)c1. The van der Waals surface area contributed by atoms with Gasteiger partial charge < -0.3 is 0 Å². The summed E-state index contributed by atoms with van der Waals surface area (Å²) in [4.78, 5) is 14.2. The fourth-order valence-electron chi connectivity index (χ4n) is 1.56. The van der Waals surface area contributed by atoms with Crippen LogP contribution in [0.2, 0.25) is 0 Å². The van der Waals surface area contributed by atoms with E-state index in [2.05, 4.69) is 22.9 Å². The van der Waals surface area contributed by atoms with Gasteiger partial charge in [-0.2, -0.15) is 0 Å². The predicted molar refractivity (Wildman–Crippen MR) is 76.3 cm³/mol. The van der Waals surface area contributed by atoms with Crippen LogP contribution < -0.4 is 5.43 Å². The molecule has 0 aromatic carbocycles. The third kappa shape index (κ3) is 2.35. The first-order valence-electron chi connectivity index (χ1n) is 5.06. The molecule has 0 N–H and O–H groups in total. The van der Waals surface area contributed by atoms with Crippen molar-refractivity contribution in [1.82, 2.24) is 0 Å². The summed E-state index contributed by atoms with van der Waals surface area (Å²) in [6.45, 7) is 0. The summed E-state index contributed by atoms with van der Waals surface area (Å²) >= 11 is 3.64. The molecule has 17 heavy (non-hydrogen) atoms. The first-order chi connectivity index (χ1) is 8.33. The van der Waals surface area contributed by atoms with Crippen LogP contribution in [0, 0.1) is 0 Å². The second-order valence-electron chi connectivity index (χ2n) is 3.48. The molecule has 0 amide bonds. The van der Waals surface area contributed by atoms with E-state index in [0.717, 1.165) is 0 Å². The molecule has 0 spiro atoms. The molecule has 0 radical (unpaired) electrons. The van der Waals surface area contributed by atoms with E-state index < -0.39 is 0 Å². The molecule has 3 aromatic heterocycles. The summed E-state index contributed by atoms with van der Waals surface area (Å²) in [5, 5.41) is 4.11. The van der Waals surface area contributed by atoms with E-state index >= 15 is 0 Å². The van der Waals surface area contributed by atoms with Crippen molar-refractivity contribution < 1.29 is 0 Å². The Labute approximate surface area is 113 Å². The number of thiophene rings is 2. The Hall–Kier alpha value is -0.931. The van der Waals surface area contributed by atoms with Crippen molar-refractivity contribution in [3.8, 4) is 18.6 Å². The molecule has 0 atom stereocenters. The average molecular weight is 323 g/mol. The molecule has 3 aromatic rings. The Morgan fingerprint density at radius 3 is 1.82 bits per heavy atom. The van der Waals surface area contributed by atoms with Crippen LogP contribution in [-0.4, -0.2) is 14.5 Å². The third-order valence-electron chi connectivity index (χ3n) is 2.29. The molecule has 0 fully saturated rings. The molecule has 1 nitrogen and oxygen atoms in total. The molecule has 0 bridgehead atoms. The van der Waals surface area contributed by atoms with E-state index in [0.29, 0.717) is 0 Å². The minimum absolute atomic E-state index is 0.116. The first kappa shape index (κ1) is 11.2. The summed E-state index contributed by atoms with van der Waals surface area (Å²) in [6.07, 6.45) is 0. The van der Waals surface area contributed by atoms with Crippen LogP contribution in [0.5, 0.6) is 0 Å². The molecule has 3 rings (SSSR count). The quantitative estimate of drug-likeness (QED) is 0.659. The van der Waals surface area contributed by atoms with Crippen LogP contribution in [-0.2, 0) is 0 Å². The number of rotatable bonds is 2. The Balaban J connectivity index is 2.17. The Morgan fingerprint density at radius 2 is 1.41 bits per heavy atom. The van der Waals surface area contributed by atoms with E-state index in [1.165, 1.54) is 18.6 Å². The molecule has 0 unspecified atom stereocenters. The van der Waals surface area contributed by atoms with Gasteiger partial charge >= 0.3 is 113 Å². The van der Waals surface area contributed by atoms with E-state index in [1.807, 2.05) is 12.1 Å². The zero-order valence-electron chi connectivity index (χ0n) is 8.75. The van der Waals surface area contributed by atoms with Gasteiger partial charge in [0.1, 0.15) is 0 Å². The summed E-state index contributed by atoms with van der Waals surface area (Å²) in [7, 11) is 0. The van der Waals surface area contributed by atoms with Crippen LogP contribution in [0.15, 0.2) is 52.0 Å². The molecule has 84 valence electrons. The van der Waals surface area contributed by atoms with Gasteiger partial charge in [-0.25, -0.2) is 0 Å². The van der Waals surface area contributed by atoms with Crippen molar-refractivity contribution in [3.63, 3.8) is 0 Å². The van der Waals surface area contributed by atoms with Crippen molar-refractivity contribution in [2.24, 2.45) is 0 Å². The van der Waals surface area contributed by atoms with Crippen molar-refractivity contribution >= 4 is 37.2 Å². The molecule has 0 saturated carbocycles. The Bertz CT molecular complexity index is 610. The van der Waals surface area contributed by atoms with Crippen molar-refractivity contribution in [2.45, 2.75) is 0 Å². The molecule has 3 heterocycles. The molecule has 0 saturated heterocycles. The van der Waals surface area contributed by atoms with Crippen LogP contribution in [0.4, 0.5) is 0 Å². The van der Waals surface area contributed by atoms with E-state index in [1.54, 1.807) is 34.8 Å². The molecule has 4 heteroatoms. The van der Waals surface area contributed by atoms with E-state index in [4.69, 9.17) is 0 Å². The van der Waals surface area contributed by atoms with Crippen molar-refractivity contribution in [1.29, 1.82) is 0 Å². The van der Waals surface area contributed by atoms with Crippen molar-refractivity contribution in [2.75, 3.05) is 0 Å². The molecular weight excluding hydrogens is 315 g/mol. The summed E-state index contributed by atoms with van der Waals surface area (Å²) in [5.41, 5.74) is 0.116. The Morgan fingerprint density at radius 1 is 0.882 bits per heavy atom. The van der Waals surface area contributed by atoms with Crippen LogP contribution in [0.3, 0.4) is 0 Å². The predicted octanol–water partition coefficient (Wildman–Crippen LogP) is 3.56. The summed E-state index contributed by atoms with van der Waals surface area (Å²) in [5.74, 6) is 0. The third-order valence-corrected chi connectivity index (χ3v) is 7.02. The number of hydrogen-bond acceptors (Lipinski definition) is 3. The topological polar surface area (TPSA) is 17.1 Å². The van der Waals surface area contributed by atoms with Crippen LogP contribution in [0.1, 0.15) is 0 Å². The van der Waals surface area contributed by atoms with Gasteiger partial charge in [0.2, 0.25) is 0 Å².